The molecule has 1 fully saturated rings. The highest BCUT2D eigenvalue weighted by Gasteiger charge is 2.32. The van der Waals surface area contributed by atoms with E-state index in [2.05, 4.69) is 0 Å². The van der Waals surface area contributed by atoms with Crippen LogP contribution in [0.4, 0.5) is 0 Å². The predicted octanol–water partition coefficient (Wildman–Crippen LogP) is 2.10. The summed E-state index contributed by atoms with van der Waals surface area (Å²) in [5.41, 5.74) is 0. The van der Waals surface area contributed by atoms with Crippen LogP contribution in [0.15, 0.2) is 22.8 Å². The van der Waals surface area contributed by atoms with Crippen LogP contribution in [0.5, 0.6) is 0 Å². The molecule has 0 amide bonds. The molecule has 3 nitrogen and oxygen atoms in total. The minimum absolute atomic E-state index is 0.139. The van der Waals surface area contributed by atoms with E-state index in [1.807, 2.05) is 26.0 Å². The highest BCUT2D eigenvalue weighted by atomic mass is 16.7. The molecule has 0 N–H and O–H groups in total. The highest BCUT2D eigenvalue weighted by Crippen LogP contribution is 2.30. The van der Waals surface area contributed by atoms with Crippen molar-refractivity contribution < 1.29 is 13.9 Å². The van der Waals surface area contributed by atoms with Gasteiger partial charge in [0.15, 0.2) is 5.76 Å². The Kier molecular flexibility index (Phi) is 1.90. The molecule has 1 aliphatic heterocycles. The van der Waals surface area contributed by atoms with Crippen molar-refractivity contribution in [2.24, 2.45) is 0 Å². The van der Waals surface area contributed by atoms with Gasteiger partial charge in [0.05, 0.1) is 18.5 Å². The van der Waals surface area contributed by atoms with Gasteiger partial charge in [0.25, 0.3) is 0 Å². The van der Waals surface area contributed by atoms with Gasteiger partial charge in [0, 0.05) is 0 Å². The molecule has 3 heteroatoms. The molecule has 0 saturated carbocycles. The molecule has 12 heavy (non-hydrogen) atoms. The summed E-state index contributed by atoms with van der Waals surface area (Å²) in [5.74, 6) is 0.742. The maximum atomic E-state index is 5.50. The van der Waals surface area contributed by atoms with Crippen molar-refractivity contribution in [3.63, 3.8) is 0 Å². The first kappa shape index (κ1) is 7.83. The molecule has 1 saturated heterocycles. The van der Waals surface area contributed by atoms with Crippen LogP contribution in [-0.4, -0.2) is 12.2 Å². The van der Waals surface area contributed by atoms with E-state index in [9.17, 15) is 0 Å². The first-order chi connectivity index (χ1) is 5.77. The first-order valence-electron chi connectivity index (χ1n) is 4.11. The summed E-state index contributed by atoms with van der Waals surface area (Å²) in [4.78, 5) is 0. The molecule has 2 heterocycles. The van der Waals surface area contributed by atoms with E-state index in [1.165, 1.54) is 0 Å². The molecule has 2 unspecified atom stereocenters. The second kappa shape index (κ2) is 2.92. The van der Waals surface area contributed by atoms with Gasteiger partial charge in [-0.15, -0.1) is 0 Å². The van der Waals surface area contributed by atoms with Gasteiger partial charge in [-0.05, 0) is 26.0 Å². The Morgan fingerprint density at radius 1 is 1.17 bits per heavy atom. The second-order valence-electron chi connectivity index (χ2n) is 3.03. The van der Waals surface area contributed by atoms with Crippen molar-refractivity contribution in [2.45, 2.75) is 32.3 Å². The van der Waals surface area contributed by atoms with Gasteiger partial charge < -0.3 is 13.9 Å². The molecule has 66 valence electrons. The van der Waals surface area contributed by atoms with Crippen molar-refractivity contribution in [1.29, 1.82) is 0 Å². The van der Waals surface area contributed by atoms with Crippen molar-refractivity contribution in [3.8, 4) is 0 Å². The summed E-state index contributed by atoms with van der Waals surface area (Å²) in [6.07, 6.45) is 1.58. The van der Waals surface area contributed by atoms with E-state index in [1.54, 1.807) is 6.26 Å². The lowest BCUT2D eigenvalue weighted by Crippen LogP contribution is -2.13. The summed E-state index contributed by atoms with van der Waals surface area (Å²) < 4.78 is 16.2. The standard InChI is InChI=1S/C9H12O3/c1-6-7(2)12-9(11-6)8-4-3-5-10-8/h3-7,9H,1-2H3. The third kappa shape index (κ3) is 1.26. The Labute approximate surface area is 71.3 Å². The van der Waals surface area contributed by atoms with Crippen LogP contribution in [0.1, 0.15) is 25.9 Å². The topological polar surface area (TPSA) is 31.6 Å². The van der Waals surface area contributed by atoms with Gasteiger partial charge in [0.2, 0.25) is 6.29 Å². The molecular formula is C9H12O3. The Balaban J connectivity index is 2.09. The van der Waals surface area contributed by atoms with E-state index in [-0.39, 0.29) is 18.5 Å². The van der Waals surface area contributed by atoms with Crippen LogP contribution in [0.3, 0.4) is 0 Å². The molecule has 2 atom stereocenters. The van der Waals surface area contributed by atoms with Gasteiger partial charge in [-0.25, -0.2) is 0 Å². The van der Waals surface area contributed by atoms with Gasteiger partial charge in [-0.3, -0.25) is 0 Å². The lowest BCUT2D eigenvalue weighted by atomic mass is 10.3. The summed E-state index contributed by atoms with van der Waals surface area (Å²) in [7, 11) is 0. The van der Waals surface area contributed by atoms with Crippen molar-refractivity contribution in [1.82, 2.24) is 0 Å². The van der Waals surface area contributed by atoms with Crippen LogP contribution in [-0.2, 0) is 9.47 Å². The van der Waals surface area contributed by atoms with Gasteiger partial charge in [0.1, 0.15) is 0 Å². The largest absolute Gasteiger partial charge is 0.464 e. The summed E-state index contributed by atoms with van der Waals surface area (Å²) in [5, 5.41) is 0. The lowest BCUT2D eigenvalue weighted by molar-refractivity contribution is -0.0788. The zero-order valence-corrected chi connectivity index (χ0v) is 7.19. The fraction of sp³-hybridized carbons (Fsp3) is 0.556. The second-order valence-corrected chi connectivity index (χ2v) is 3.03. The Morgan fingerprint density at radius 2 is 1.83 bits per heavy atom. The van der Waals surface area contributed by atoms with Crippen molar-refractivity contribution in [2.75, 3.05) is 0 Å². The monoisotopic (exact) mass is 168 g/mol. The lowest BCUT2D eigenvalue weighted by Gasteiger charge is -2.04. The molecule has 0 aromatic carbocycles. The Morgan fingerprint density at radius 3 is 2.33 bits per heavy atom. The molecule has 0 bridgehead atoms. The third-order valence-corrected chi connectivity index (χ3v) is 2.11. The zero-order valence-electron chi connectivity index (χ0n) is 7.19. The van der Waals surface area contributed by atoms with Crippen molar-refractivity contribution in [3.05, 3.63) is 24.2 Å². The molecule has 1 aromatic rings. The molecular weight excluding hydrogens is 156 g/mol. The van der Waals surface area contributed by atoms with Crippen LogP contribution >= 0.6 is 0 Å². The summed E-state index contributed by atoms with van der Waals surface area (Å²) >= 11 is 0. The smallest absolute Gasteiger partial charge is 0.217 e. The summed E-state index contributed by atoms with van der Waals surface area (Å²) in [6, 6.07) is 3.69. The fourth-order valence-electron chi connectivity index (χ4n) is 1.20. The number of hydrogen-bond acceptors (Lipinski definition) is 3. The van der Waals surface area contributed by atoms with E-state index in [4.69, 9.17) is 13.9 Å². The normalized spacial score (nSPS) is 35.7. The van der Waals surface area contributed by atoms with E-state index in [0.29, 0.717) is 0 Å². The van der Waals surface area contributed by atoms with Crippen LogP contribution < -0.4 is 0 Å². The van der Waals surface area contributed by atoms with E-state index >= 15 is 0 Å². The molecule has 0 aliphatic carbocycles. The third-order valence-electron chi connectivity index (χ3n) is 2.11. The average Bonchev–Trinajstić information content (AvgIpc) is 2.61. The average molecular weight is 168 g/mol. The van der Waals surface area contributed by atoms with Gasteiger partial charge in [-0.1, -0.05) is 0 Å². The Bertz CT molecular complexity index is 232. The Hall–Kier alpha value is -0.800. The van der Waals surface area contributed by atoms with Crippen LogP contribution in [0.25, 0.3) is 0 Å². The fourth-order valence-corrected chi connectivity index (χ4v) is 1.20. The molecule has 0 spiro atoms. The maximum Gasteiger partial charge on any atom is 0.217 e. The minimum Gasteiger partial charge on any atom is -0.464 e. The van der Waals surface area contributed by atoms with E-state index in [0.717, 1.165) is 5.76 Å². The highest BCUT2D eigenvalue weighted by molar-refractivity contribution is 5.01. The zero-order chi connectivity index (χ0) is 8.55. The van der Waals surface area contributed by atoms with Gasteiger partial charge >= 0.3 is 0 Å². The number of furan rings is 1. The minimum atomic E-state index is -0.315. The quantitative estimate of drug-likeness (QED) is 0.643. The van der Waals surface area contributed by atoms with Gasteiger partial charge in [-0.2, -0.15) is 0 Å². The molecule has 1 aromatic heterocycles. The molecule has 0 radical (unpaired) electrons. The van der Waals surface area contributed by atoms with Crippen molar-refractivity contribution >= 4 is 0 Å². The SMILES string of the molecule is CC1OC(c2ccco2)OC1C. The van der Waals surface area contributed by atoms with E-state index < -0.39 is 0 Å². The first-order valence-corrected chi connectivity index (χ1v) is 4.11. The molecule has 1 aliphatic rings. The number of hydrogen-bond donors (Lipinski definition) is 0. The molecule has 2 rings (SSSR count). The predicted molar refractivity (Wildman–Crippen MR) is 42.5 cm³/mol. The number of ether oxygens (including phenoxy) is 2. The maximum absolute atomic E-state index is 5.50. The van der Waals surface area contributed by atoms with Crippen LogP contribution in [0.2, 0.25) is 0 Å². The summed E-state index contributed by atoms with van der Waals surface area (Å²) in [6.45, 7) is 3.99. The number of rotatable bonds is 1. The van der Waals surface area contributed by atoms with Crippen LogP contribution in [0, 0.1) is 0 Å².